The number of aliphatic hydroxyl groups excluding tert-OH is 1. The first-order valence-corrected chi connectivity index (χ1v) is 12.8. The van der Waals surface area contributed by atoms with Crippen molar-refractivity contribution in [3.63, 3.8) is 0 Å². The van der Waals surface area contributed by atoms with Crippen molar-refractivity contribution in [2.75, 3.05) is 18.5 Å². The van der Waals surface area contributed by atoms with E-state index in [0.29, 0.717) is 22.7 Å². The number of amides is 3. The molecule has 0 saturated carbocycles. The number of alkyl carbamates (subject to hydrolysis) is 1. The number of aryl methyl sites for hydroxylation is 2. The number of aliphatic hydroxyl groups is 1. The van der Waals surface area contributed by atoms with E-state index in [2.05, 4.69) is 10.6 Å². The van der Waals surface area contributed by atoms with E-state index in [1.54, 1.807) is 45.0 Å². The Labute approximate surface area is 224 Å². The highest BCUT2D eigenvalue weighted by molar-refractivity contribution is 6.34. The molecule has 0 spiro atoms. The molecule has 3 N–H and O–H groups in total. The van der Waals surface area contributed by atoms with Crippen LogP contribution in [0.15, 0.2) is 42.5 Å². The quantitative estimate of drug-likeness (QED) is 0.393. The van der Waals surface area contributed by atoms with Gasteiger partial charge >= 0.3 is 6.09 Å². The normalized spacial score (nSPS) is 12.9. The first-order chi connectivity index (χ1) is 17.4. The van der Waals surface area contributed by atoms with Crippen LogP contribution in [0.2, 0.25) is 5.02 Å². The van der Waals surface area contributed by atoms with Crippen molar-refractivity contribution in [2.24, 2.45) is 0 Å². The molecule has 0 aliphatic rings. The van der Waals surface area contributed by atoms with E-state index >= 15 is 0 Å². The van der Waals surface area contributed by atoms with Crippen LogP contribution in [0.5, 0.6) is 0 Å². The number of hydrogen-bond donors (Lipinski definition) is 3. The van der Waals surface area contributed by atoms with Crippen LogP contribution in [-0.4, -0.2) is 52.7 Å². The van der Waals surface area contributed by atoms with Crippen molar-refractivity contribution in [3.8, 4) is 0 Å². The molecule has 2 aromatic rings. The van der Waals surface area contributed by atoms with Gasteiger partial charge in [0.15, 0.2) is 0 Å². The fourth-order valence-electron chi connectivity index (χ4n) is 3.86. The van der Waals surface area contributed by atoms with Gasteiger partial charge in [0, 0.05) is 6.54 Å². The van der Waals surface area contributed by atoms with Gasteiger partial charge in [0.1, 0.15) is 17.7 Å². The van der Waals surface area contributed by atoms with E-state index < -0.39 is 42.2 Å². The highest BCUT2D eigenvalue weighted by Gasteiger charge is 2.36. The minimum Gasteiger partial charge on any atom is -0.444 e. The maximum Gasteiger partial charge on any atom is 0.408 e. The Morgan fingerprint density at radius 2 is 1.70 bits per heavy atom. The summed E-state index contributed by atoms with van der Waals surface area (Å²) in [5, 5.41) is 15.8. The molecule has 2 unspecified atom stereocenters. The molecule has 37 heavy (non-hydrogen) atoms. The summed E-state index contributed by atoms with van der Waals surface area (Å²) in [4.78, 5) is 41.5. The van der Waals surface area contributed by atoms with Gasteiger partial charge in [-0.1, -0.05) is 61.3 Å². The molecule has 8 nitrogen and oxygen atoms in total. The number of nitrogens with zero attached hydrogens (tertiary/aromatic N) is 1. The lowest BCUT2D eigenvalue weighted by atomic mass is 9.97. The number of anilines is 1. The third-order valence-electron chi connectivity index (χ3n) is 5.72. The molecule has 9 heteroatoms. The summed E-state index contributed by atoms with van der Waals surface area (Å²) in [7, 11) is 0. The van der Waals surface area contributed by atoms with Gasteiger partial charge < -0.3 is 25.4 Å². The van der Waals surface area contributed by atoms with Gasteiger partial charge in [-0.3, -0.25) is 9.59 Å². The summed E-state index contributed by atoms with van der Waals surface area (Å²) in [6.07, 6.45) is 0.537. The Kier molecular flexibility index (Phi) is 10.9. The number of ether oxygens (including phenoxy) is 1. The topological polar surface area (TPSA) is 108 Å². The Morgan fingerprint density at radius 3 is 2.27 bits per heavy atom. The summed E-state index contributed by atoms with van der Waals surface area (Å²) in [6, 6.07) is 10.3. The SMILES string of the molecule is CCCCN(C(=O)C(CO)NC(=O)OC(C)(C)C)C(C(=O)Nc1c(C)cccc1Cl)c1ccccc1C. The molecule has 0 fully saturated rings. The van der Waals surface area contributed by atoms with E-state index in [9.17, 15) is 19.5 Å². The summed E-state index contributed by atoms with van der Waals surface area (Å²) >= 11 is 6.37. The molecule has 202 valence electrons. The van der Waals surface area contributed by atoms with Gasteiger partial charge in [-0.15, -0.1) is 0 Å². The minimum absolute atomic E-state index is 0.232. The lowest BCUT2D eigenvalue weighted by molar-refractivity contribution is -0.141. The van der Waals surface area contributed by atoms with Crippen molar-refractivity contribution in [1.29, 1.82) is 0 Å². The minimum atomic E-state index is -1.30. The van der Waals surface area contributed by atoms with Gasteiger partial charge in [0.05, 0.1) is 17.3 Å². The second-order valence-electron chi connectivity index (χ2n) is 9.95. The van der Waals surface area contributed by atoms with E-state index in [1.807, 2.05) is 39.0 Å². The Hall–Kier alpha value is -3.10. The van der Waals surface area contributed by atoms with E-state index in [1.165, 1.54) is 4.90 Å². The van der Waals surface area contributed by atoms with Gasteiger partial charge in [0.2, 0.25) is 5.91 Å². The predicted octanol–water partition coefficient (Wildman–Crippen LogP) is 5.15. The van der Waals surface area contributed by atoms with Crippen LogP contribution in [0, 0.1) is 13.8 Å². The van der Waals surface area contributed by atoms with Gasteiger partial charge in [0.25, 0.3) is 5.91 Å². The Balaban J connectivity index is 2.52. The molecule has 0 aliphatic carbocycles. The smallest absolute Gasteiger partial charge is 0.408 e. The van der Waals surface area contributed by atoms with Crippen LogP contribution >= 0.6 is 11.6 Å². The number of hydrogen-bond acceptors (Lipinski definition) is 5. The third-order valence-corrected chi connectivity index (χ3v) is 6.04. The second kappa shape index (κ2) is 13.4. The summed E-state index contributed by atoms with van der Waals surface area (Å²) < 4.78 is 5.27. The molecule has 0 heterocycles. The fraction of sp³-hybridized carbons (Fsp3) is 0.464. The molecule has 2 aromatic carbocycles. The fourth-order valence-corrected chi connectivity index (χ4v) is 4.13. The zero-order valence-corrected chi connectivity index (χ0v) is 23.2. The van der Waals surface area contributed by atoms with Gasteiger partial charge in [-0.2, -0.15) is 0 Å². The van der Waals surface area contributed by atoms with Crippen molar-refractivity contribution in [1.82, 2.24) is 10.2 Å². The first-order valence-electron chi connectivity index (χ1n) is 12.4. The average Bonchev–Trinajstić information content (AvgIpc) is 2.81. The van der Waals surface area contributed by atoms with Gasteiger partial charge in [-0.05, 0) is 63.8 Å². The molecule has 3 amide bonds. The van der Waals surface area contributed by atoms with Crippen LogP contribution < -0.4 is 10.6 Å². The van der Waals surface area contributed by atoms with Crippen molar-refractivity contribution >= 4 is 35.2 Å². The molecule has 0 radical (unpaired) electrons. The maximum atomic E-state index is 13.9. The highest BCUT2D eigenvalue weighted by atomic mass is 35.5. The third kappa shape index (κ3) is 8.47. The number of nitrogens with one attached hydrogen (secondary N) is 2. The van der Waals surface area contributed by atoms with Crippen LogP contribution in [0.3, 0.4) is 0 Å². The number of para-hydroxylation sites is 1. The van der Waals surface area contributed by atoms with E-state index in [4.69, 9.17) is 16.3 Å². The molecule has 0 bridgehead atoms. The monoisotopic (exact) mass is 531 g/mol. The molecular weight excluding hydrogens is 494 g/mol. The van der Waals surface area contributed by atoms with Crippen LogP contribution in [-0.2, 0) is 14.3 Å². The predicted molar refractivity (Wildman–Crippen MR) is 146 cm³/mol. The van der Waals surface area contributed by atoms with Crippen LogP contribution in [0.25, 0.3) is 0 Å². The number of halogens is 1. The standard InChI is InChI=1S/C28H38ClN3O5/c1-7-8-16-32(26(35)22(17-33)30-27(36)37-28(4,5)6)24(20-14-10-9-12-18(20)2)25(34)31-23-19(3)13-11-15-21(23)29/h9-15,22,24,33H,7-8,16-17H2,1-6H3,(H,30,36)(H,31,34). The maximum absolute atomic E-state index is 13.9. The van der Waals surface area contributed by atoms with E-state index in [-0.39, 0.29) is 6.54 Å². The van der Waals surface area contributed by atoms with Crippen molar-refractivity contribution in [2.45, 2.75) is 72.1 Å². The number of unbranched alkanes of at least 4 members (excludes halogenated alkanes) is 1. The number of carbonyl (C=O) groups is 3. The average molecular weight is 532 g/mol. The molecule has 0 saturated heterocycles. The molecule has 2 rings (SSSR count). The van der Waals surface area contributed by atoms with Crippen LogP contribution in [0.4, 0.5) is 10.5 Å². The van der Waals surface area contributed by atoms with Gasteiger partial charge in [-0.25, -0.2) is 4.79 Å². The lowest BCUT2D eigenvalue weighted by Gasteiger charge is -2.35. The molecular formula is C28H38ClN3O5. The van der Waals surface area contributed by atoms with Crippen LogP contribution in [0.1, 0.15) is 63.3 Å². The number of benzene rings is 2. The highest BCUT2D eigenvalue weighted by Crippen LogP contribution is 2.30. The zero-order chi connectivity index (χ0) is 27.8. The largest absolute Gasteiger partial charge is 0.444 e. The summed E-state index contributed by atoms with van der Waals surface area (Å²) in [6.45, 7) is 10.3. The first kappa shape index (κ1) is 30.1. The number of rotatable bonds is 10. The molecule has 0 aliphatic heterocycles. The Bertz CT molecular complexity index is 1080. The number of carbonyl (C=O) groups excluding carboxylic acids is 3. The molecule has 2 atom stereocenters. The Morgan fingerprint density at radius 1 is 1.05 bits per heavy atom. The summed E-state index contributed by atoms with van der Waals surface area (Å²) in [5.74, 6) is -1.05. The second-order valence-corrected chi connectivity index (χ2v) is 10.4. The molecule has 0 aromatic heterocycles. The van der Waals surface area contributed by atoms with Crippen molar-refractivity contribution < 1.29 is 24.2 Å². The summed E-state index contributed by atoms with van der Waals surface area (Å²) in [5.41, 5.74) is 1.89. The zero-order valence-electron chi connectivity index (χ0n) is 22.4. The van der Waals surface area contributed by atoms with Crippen molar-refractivity contribution in [3.05, 3.63) is 64.2 Å². The lowest BCUT2D eigenvalue weighted by Crippen LogP contribution is -2.54. The van der Waals surface area contributed by atoms with E-state index in [0.717, 1.165) is 17.5 Å².